The monoisotopic (exact) mass is 426 g/mol. The molecule has 1 N–H and O–H groups in total. The number of nitrogens with zero attached hydrogens (tertiary/aromatic N) is 1. The number of carbonyl (C=O) groups is 1. The Morgan fingerprint density at radius 2 is 1.83 bits per heavy atom. The second kappa shape index (κ2) is 9.47. The van der Waals surface area contributed by atoms with E-state index in [4.69, 9.17) is 4.74 Å². The van der Waals surface area contributed by atoms with Crippen LogP contribution in [0.3, 0.4) is 0 Å². The highest BCUT2D eigenvalue weighted by Gasteiger charge is 2.15. The summed E-state index contributed by atoms with van der Waals surface area (Å²) >= 11 is 1.11. The van der Waals surface area contributed by atoms with Gasteiger partial charge in [-0.05, 0) is 34.2 Å². The van der Waals surface area contributed by atoms with Crippen LogP contribution in [0.5, 0.6) is 0 Å². The third-order valence-electron chi connectivity index (χ3n) is 4.09. The molecule has 0 atom stereocenters. The van der Waals surface area contributed by atoms with E-state index < -0.39 is 16.0 Å². The zero-order valence-corrected chi connectivity index (χ0v) is 17.0. The molecular weight excluding hydrogens is 408 g/mol. The zero-order chi connectivity index (χ0) is 20.7. The smallest absolute Gasteiger partial charge is 0.307 e. The Labute approximate surface area is 173 Å². The average molecular weight is 427 g/mol. The lowest BCUT2D eigenvalue weighted by Crippen LogP contribution is -2.26. The van der Waals surface area contributed by atoms with E-state index in [1.165, 1.54) is 6.07 Å². The van der Waals surface area contributed by atoms with Crippen molar-refractivity contribution in [3.8, 4) is 17.2 Å². The van der Waals surface area contributed by atoms with Crippen LogP contribution < -0.4 is 4.72 Å². The van der Waals surface area contributed by atoms with Crippen LogP contribution in [-0.2, 0) is 26.2 Å². The highest BCUT2D eigenvalue weighted by Crippen LogP contribution is 2.23. The van der Waals surface area contributed by atoms with Gasteiger partial charge in [0.25, 0.3) is 0 Å². The third-order valence-corrected chi connectivity index (χ3v) is 6.95. The Bertz CT molecular complexity index is 1120. The van der Waals surface area contributed by atoms with E-state index in [-0.39, 0.29) is 23.8 Å². The van der Waals surface area contributed by atoms with Crippen LogP contribution in [-0.4, -0.2) is 20.9 Å². The molecule has 0 saturated carbocycles. The number of rotatable bonds is 8. The van der Waals surface area contributed by atoms with Gasteiger partial charge < -0.3 is 4.74 Å². The maximum absolute atomic E-state index is 12.0. The minimum atomic E-state index is -3.58. The Kier molecular flexibility index (Phi) is 6.77. The van der Waals surface area contributed by atoms with Gasteiger partial charge in [0.05, 0.1) is 18.1 Å². The van der Waals surface area contributed by atoms with Gasteiger partial charge in [-0.3, -0.25) is 4.79 Å². The molecule has 0 unspecified atom stereocenters. The molecule has 0 aliphatic heterocycles. The van der Waals surface area contributed by atoms with Crippen molar-refractivity contribution in [3.63, 3.8) is 0 Å². The van der Waals surface area contributed by atoms with E-state index in [9.17, 15) is 18.5 Å². The van der Waals surface area contributed by atoms with Gasteiger partial charge in [0, 0.05) is 6.54 Å². The molecule has 8 heteroatoms. The molecule has 6 nitrogen and oxygen atoms in total. The van der Waals surface area contributed by atoms with Gasteiger partial charge in [-0.15, -0.1) is 11.3 Å². The molecule has 0 fully saturated rings. The largest absolute Gasteiger partial charge is 0.461 e. The van der Waals surface area contributed by atoms with E-state index in [1.54, 1.807) is 17.5 Å². The standard InChI is InChI=1S/C21H18N2O4S2/c22-14-18-4-1-2-5-19(18)17-9-7-16(8-10-17)15-27-20(24)11-12-23-29(25,26)21-6-3-13-28-21/h1-10,13,23H,11-12,15H2. The summed E-state index contributed by atoms with van der Waals surface area (Å²) in [4.78, 5) is 11.9. The highest BCUT2D eigenvalue weighted by molar-refractivity contribution is 7.91. The number of sulfonamides is 1. The van der Waals surface area contributed by atoms with E-state index in [1.807, 2.05) is 42.5 Å². The van der Waals surface area contributed by atoms with Gasteiger partial charge in [0.15, 0.2) is 0 Å². The molecule has 3 rings (SSSR count). The van der Waals surface area contributed by atoms with E-state index >= 15 is 0 Å². The molecule has 0 spiro atoms. The fourth-order valence-electron chi connectivity index (χ4n) is 2.62. The molecule has 1 aromatic heterocycles. The summed E-state index contributed by atoms with van der Waals surface area (Å²) in [6.45, 7) is 0.0691. The van der Waals surface area contributed by atoms with Crippen LogP contribution in [0.4, 0.5) is 0 Å². The van der Waals surface area contributed by atoms with E-state index in [2.05, 4.69) is 10.8 Å². The van der Waals surface area contributed by atoms with Crippen molar-refractivity contribution in [1.82, 2.24) is 4.72 Å². The lowest BCUT2D eigenvalue weighted by Gasteiger charge is -2.08. The summed E-state index contributed by atoms with van der Waals surface area (Å²) in [7, 11) is -3.58. The van der Waals surface area contributed by atoms with E-state index in [0.29, 0.717) is 5.56 Å². The van der Waals surface area contributed by atoms with Crippen LogP contribution in [0, 0.1) is 11.3 Å². The predicted octanol–water partition coefficient (Wildman–Crippen LogP) is 3.70. The van der Waals surface area contributed by atoms with Crippen LogP contribution in [0.2, 0.25) is 0 Å². The number of hydrogen-bond donors (Lipinski definition) is 1. The van der Waals surface area contributed by atoms with Crippen molar-refractivity contribution in [2.75, 3.05) is 6.54 Å². The molecule has 2 aromatic carbocycles. The lowest BCUT2D eigenvalue weighted by molar-refractivity contribution is -0.144. The second-order valence-electron chi connectivity index (χ2n) is 6.09. The fourth-order valence-corrected chi connectivity index (χ4v) is 4.69. The van der Waals surface area contributed by atoms with E-state index in [0.717, 1.165) is 28.0 Å². The first-order valence-corrected chi connectivity index (χ1v) is 11.1. The number of thiophene rings is 1. The summed E-state index contributed by atoms with van der Waals surface area (Å²) < 4.78 is 31.7. The topological polar surface area (TPSA) is 96.3 Å². The van der Waals surface area contributed by atoms with Crippen LogP contribution in [0.15, 0.2) is 70.3 Å². The number of hydrogen-bond acceptors (Lipinski definition) is 6. The number of benzene rings is 2. The van der Waals surface area contributed by atoms with Crippen molar-refractivity contribution in [2.24, 2.45) is 0 Å². The van der Waals surface area contributed by atoms with Gasteiger partial charge >= 0.3 is 5.97 Å². The fraction of sp³-hybridized carbons (Fsp3) is 0.143. The lowest BCUT2D eigenvalue weighted by atomic mass is 9.99. The molecule has 29 heavy (non-hydrogen) atoms. The molecule has 3 aromatic rings. The molecule has 0 amide bonds. The molecule has 0 bridgehead atoms. The minimum absolute atomic E-state index is 0.0249. The molecule has 148 valence electrons. The van der Waals surface area contributed by atoms with Crippen molar-refractivity contribution in [3.05, 3.63) is 77.2 Å². The summed E-state index contributed by atoms with van der Waals surface area (Å²) in [6.07, 6.45) is -0.0573. The summed E-state index contributed by atoms with van der Waals surface area (Å²) in [5.41, 5.74) is 3.14. The van der Waals surface area contributed by atoms with Gasteiger partial charge in [-0.1, -0.05) is 48.5 Å². The number of nitrogens with one attached hydrogen (secondary N) is 1. The quantitative estimate of drug-likeness (QED) is 0.554. The Morgan fingerprint density at radius 1 is 1.07 bits per heavy atom. The maximum Gasteiger partial charge on any atom is 0.307 e. The zero-order valence-electron chi connectivity index (χ0n) is 15.4. The van der Waals surface area contributed by atoms with Crippen LogP contribution >= 0.6 is 11.3 Å². The first-order chi connectivity index (χ1) is 14.0. The number of nitriles is 1. The summed E-state index contributed by atoms with van der Waals surface area (Å²) in [5.74, 6) is -0.488. The van der Waals surface area contributed by atoms with Crippen molar-refractivity contribution < 1.29 is 17.9 Å². The molecule has 0 aliphatic carbocycles. The molecule has 0 saturated heterocycles. The Morgan fingerprint density at radius 3 is 2.52 bits per heavy atom. The van der Waals surface area contributed by atoms with Gasteiger partial charge in [0.2, 0.25) is 10.0 Å². The Hall–Kier alpha value is -2.99. The SMILES string of the molecule is N#Cc1ccccc1-c1ccc(COC(=O)CCNS(=O)(=O)c2cccs2)cc1. The number of esters is 1. The van der Waals surface area contributed by atoms with Crippen molar-refractivity contribution in [1.29, 1.82) is 5.26 Å². The number of carbonyl (C=O) groups excluding carboxylic acids is 1. The van der Waals surface area contributed by atoms with Crippen molar-refractivity contribution >= 4 is 27.3 Å². The van der Waals surface area contributed by atoms with Crippen LogP contribution in [0.25, 0.3) is 11.1 Å². The molecular formula is C21H18N2O4S2. The summed E-state index contributed by atoms with van der Waals surface area (Å²) in [5, 5.41) is 10.9. The minimum Gasteiger partial charge on any atom is -0.461 e. The van der Waals surface area contributed by atoms with Crippen LogP contribution in [0.1, 0.15) is 17.5 Å². The second-order valence-corrected chi connectivity index (χ2v) is 9.04. The number of ether oxygens (including phenoxy) is 1. The molecule has 0 radical (unpaired) electrons. The first kappa shape index (κ1) is 20.7. The Balaban J connectivity index is 1.49. The van der Waals surface area contributed by atoms with Gasteiger partial charge in [0.1, 0.15) is 10.8 Å². The van der Waals surface area contributed by atoms with Gasteiger partial charge in [-0.2, -0.15) is 5.26 Å². The third kappa shape index (κ3) is 5.51. The first-order valence-electron chi connectivity index (χ1n) is 8.77. The highest BCUT2D eigenvalue weighted by atomic mass is 32.2. The van der Waals surface area contributed by atoms with Gasteiger partial charge in [-0.25, -0.2) is 13.1 Å². The average Bonchev–Trinajstić information content (AvgIpc) is 3.28. The molecule has 0 aliphatic rings. The predicted molar refractivity (Wildman–Crippen MR) is 111 cm³/mol. The van der Waals surface area contributed by atoms with Crippen molar-refractivity contribution in [2.45, 2.75) is 17.2 Å². The molecule has 1 heterocycles. The normalized spacial score (nSPS) is 11.0. The summed E-state index contributed by atoms with van der Waals surface area (Å²) in [6, 6.07) is 20.1. The maximum atomic E-state index is 12.0.